The first kappa shape index (κ1) is 12.7. The Morgan fingerprint density at radius 2 is 2.12 bits per heavy atom. The van der Waals surface area contributed by atoms with Gasteiger partial charge in [-0.1, -0.05) is 23.2 Å². The summed E-state index contributed by atoms with van der Waals surface area (Å²) in [5, 5.41) is 10.7. The van der Waals surface area contributed by atoms with E-state index in [-0.39, 0.29) is 27.7 Å². The van der Waals surface area contributed by atoms with Crippen LogP contribution < -0.4 is 0 Å². The minimum Gasteiger partial charge on any atom is -0.469 e. The van der Waals surface area contributed by atoms with Gasteiger partial charge in [0.15, 0.2) is 0 Å². The Morgan fingerprint density at radius 1 is 1.50 bits per heavy atom. The van der Waals surface area contributed by atoms with Gasteiger partial charge in [0.2, 0.25) is 0 Å². The van der Waals surface area contributed by atoms with Crippen LogP contribution in [0.1, 0.15) is 5.56 Å². The molecule has 1 aromatic carbocycles. The van der Waals surface area contributed by atoms with Crippen LogP contribution in [0.4, 0.5) is 5.69 Å². The van der Waals surface area contributed by atoms with Gasteiger partial charge < -0.3 is 4.74 Å². The van der Waals surface area contributed by atoms with E-state index in [1.165, 1.54) is 13.2 Å². The first-order chi connectivity index (χ1) is 7.45. The van der Waals surface area contributed by atoms with Crippen molar-refractivity contribution < 1.29 is 14.5 Å². The number of ether oxygens (including phenoxy) is 1. The lowest BCUT2D eigenvalue weighted by Gasteiger charge is -2.04. The van der Waals surface area contributed by atoms with Gasteiger partial charge in [0.05, 0.1) is 28.5 Å². The maximum absolute atomic E-state index is 11.0. The van der Waals surface area contributed by atoms with Crippen molar-refractivity contribution >= 4 is 34.9 Å². The van der Waals surface area contributed by atoms with E-state index in [0.717, 1.165) is 6.07 Å². The molecule has 0 unspecified atom stereocenters. The summed E-state index contributed by atoms with van der Waals surface area (Å²) in [6.45, 7) is 0. The lowest BCUT2D eigenvalue weighted by atomic mass is 10.1. The van der Waals surface area contributed by atoms with Crippen molar-refractivity contribution in [3.63, 3.8) is 0 Å². The second-order valence-corrected chi connectivity index (χ2v) is 3.70. The van der Waals surface area contributed by atoms with E-state index in [0.29, 0.717) is 0 Å². The number of non-ortho nitro benzene ring substituents is 1. The van der Waals surface area contributed by atoms with Crippen molar-refractivity contribution in [2.45, 2.75) is 6.42 Å². The molecule has 0 aliphatic carbocycles. The maximum Gasteiger partial charge on any atom is 0.310 e. The highest BCUT2D eigenvalue weighted by atomic mass is 35.5. The van der Waals surface area contributed by atoms with E-state index in [9.17, 15) is 14.9 Å². The summed E-state index contributed by atoms with van der Waals surface area (Å²) in [7, 11) is 1.22. The smallest absolute Gasteiger partial charge is 0.310 e. The number of esters is 1. The largest absolute Gasteiger partial charge is 0.469 e. The van der Waals surface area contributed by atoms with Gasteiger partial charge in [-0.15, -0.1) is 0 Å². The van der Waals surface area contributed by atoms with Gasteiger partial charge in [-0.3, -0.25) is 14.9 Å². The van der Waals surface area contributed by atoms with E-state index in [4.69, 9.17) is 23.2 Å². The number of rotatable bonds is 3. The third-order valence-electron chi connectivity index (χ3n) is 1.86. The second-order valence-electron chi connectivity index (χ2n) is 2.91. The SMILES string of the molecule is COC(=O)Cc1cc([N+](=O)[O-])cc(Cl)c1Cl. The normalized spacial score (nSPS) is 9.94. The molecule has 0 saturated carbocycles. The fourth-order valence-electron chi connectivity index (χ4n) is 1.09. The van der Waals surface area contributed by atoms with Gasteiger partial charge in [0.1, 0.15) is 0 Å². The Morgan fingerprint density at radius 3 is 2.62 bits per heavy atom. The number of nitrogens with zero attached hydrogens (tertiary/aromatic N) is 1. The Labute approximate surface area is 101 Å². The molecule has 1 aromatic rings. The molecule has 0 bridgehead atoms. The minimum absolute atomic E-state index is 0.0368. The van der Waals surface area contributed by atoms with Crippen LogP contribution in [-0.2, 0) is 16.0 Å². The maximum atomic E-state index is 11.0. The number of nitro groups is 1. The first-order valence-electron chi connectivity index (χ1n) is 4.15. The van der Waals surface area contributed by atoms with Crippen molar-refractivity contribution in [3.05, 3.63) is 37.9 Å². The van der Waals surface area contributed by atoms with Gasteiger partial charge in [-0.25, -0.2) is 0 Å². The zero-order valence-electron chi connectivity index (χ0n) is 8.20. The Balaban J connectivity index is 3.16. The first-order valence-corrected chi connectivity index (χ1v) is 4.90. The van der Waals surface area contributed by atoms with E-state index in [1.807, 2.05) is 0 Å². The van der Waals surface area contributed by atoms with E-state index in [2.05, 4.69) is 4.74 Å². The monoisotopic (exact) mass is 263 g/mol. The summed E-state index contributed by atoms with van der Waals surface area (Å²) >= 11 is 11.5. The van der Waals surface area contributed by atoms with Crippen LogP contribution in [0.15, 0.2) is 12.1 Å². The van der Waals surface area contributed by atoms with E-state index in [1.54, 1.807) is 0 Å². The van der Waals surface area contributed by atoms with Crippen LogP contribution >= 0.6 is 23.2 Å². The van der Waals surface area contributed by atoms with Crippen LogP contribution in [0.2, 0.25) is 10.0 Å². The zero-order valence-corrected chi connectivity index (χ0v) is 9.71. The van der Waals surface area contributed by atoms with Crippen LogP contribution in [0.25, 0.3) is 0 Å². The molecular formula is C9H7Cl2NO4. The molecule has 0 spiro atoms. The molecule has 0 aliphatic rings. The molecule has 7 heteroatoms. The number of benzene rings is 1. The second kappa shape index (κ2) is 5.14. The molecule has 0 fully saturated rings. The van der Waals surface area contributed by atoms with Gasteiger partial charge in [-0.05, 0) is 5.56 Å². The number of hydrogen-bond donors (Lipinski definition) is 0. The van der Waals surface area contributed by atoms with Crippen molar-refractivity contribution in [2.75, 3.05) is 7.11 Å². The molecule has 0 amide bonds. The predicted molar refractivity (Wildman–Crippen MR) is 58.8 cm³/mol. The highest BCUT2D eigenvalue weighted by molar-refractivity contribution is 6.42. The van der Waals surface area contributed by atoms with Crippen LogP contribution in [-0.4, -0.2) is 18.0 Å². The molecule has 0 saturated heterocycles. The fraction of sp³-hybridized carbons (Fsp3) is 0.222. The lowest BCUT2D eigenvalue weighted by molar-refractivity contribution is -0.384. The summed E-state index contributed by atoms with van der Waals surface area (Å²) in [5.41, 5.74) is 0.0565. The highest BCUT2D eigenvalue weighted by Gasteiger charge is 2.16. The summed E-state index contributed by atoms with van der Waals surface area (Å²) in [4.78, 5) is 21.0. The third kappa shape index (κ3) is 2.84. The Bertz CT molecular complexity index is 447. The van der Waals surface area contributed by atoms with Crippen molar-refractivity contribution in [1.82, 2.24) is 0 Å². The van der Waals surface area contributed by atoms with Gasteiger partial charge >= 0.3 is 5.97 Å². The molecule has 0 radical (unpaired) electrons. The Kier molecular flexibility index (Phi) is 4.09. The average molecular weight is 264 g/mol. The number of hydrogen-bond acceptors (Lipinski definition) is 4. The number of methoxy groups -OCH3 is 1. The summed E-state index contributed by atoms with van der Waals surface area (Å²) in [5.74, 6) is -0.543. The molecule has 1 rings (SSSR count). The highest BCUT2D eigenvalue weighted by Crippen LogP contribution is 2.31. The van der Waals surface area contributed by atoms with Crippen LogP contribution in [0.5, 0.6) is 0 Å². The van der Waals surface area contributed by atoms with Gasteiger partial charge in [0, 0.05) is 12.1 Å². The molecule has 86 valence electrons. The topological polar surface area (TPSA) is 69.4 Å². The average Bonchev–Trinajstić information content (AvgIpc) is 2.23. The molecule has 5 nitrogen and oxygen atoms in total. The molecule has 0 aromatic heterocycles. The van der Waals surface area contributed by atoms with Crippen molar-refractivity contribution in [2.24, 2.45) is 0 Å². The predicted octanol–water partition coefficient (Wildman–Crippen LogP) is 2.62. The van der Waals surface area contributed by atoms with E-state index < -0.39 is 10.9 Å². The molecular weight excluding hydrogens is 257 g/mol. The summed E-state index contributed by atoms with van der Waals surface area (Å²) in [6.07, 6.45) is -0.156. The van der Waals surface area contributed by atoms with Crippen LogP contribution in [0, 0.1) is 10.1 Å². The number of halogens is 2. The van der Waals surface area contributed by atoms with E-state index >= 15 is 0 Å². The molecule has 16 heavy (non-hydrogen) atoms. The quantitative estimate of drug-likeness (QED) is 0.478. The molecule has 0 atom stereocenters. The number of carbonyl (C=O) groups excluding carboxylic acids is 1. The van der Waals surface area contributed by atoms with Crippen molar-refractivity contribution in [3.8, 4) is 0 Å². The summed E-state index contributed by atoms with van der Waals surface area (Å²) < 4.78 is 4.44. The number of carbonyl (C=O) groups is 1. The van der Waals surface area contributed by atoms with Gasteiger partial charge in [0.25, 0.3) is 5.69 Å². The molecule has 0 heterocycles. The zero-order chi connectivity index (χ0) is 12.3. The standard InChI is InChI=1S/C9H7Cl2NO4/c1-16-8(13)3-5-2-6(12(14)15)4-7(10)9(5)11/h2,4H,3H2,1H3. The lowest BCUT2D eigenvalue weighted by Crippen LogP contribution is -2.05. The minimum atomic E-state index is -0.608. The summed E-state index contributed by atoms with van der Waals surface area (Å²) in [6, 6.07) is 2.33. The Hall–Kier alpha value is -1.33. The van der Waals surface area contributed by atoms with Crippen LogP contribution in [0.3, 0.4) is 0 Å². The van der Waals surface area contributed by atoms with Gasteiger partial charge in [-0.2, -0.15) is 0 Å². The molecule has 0 aliphatic heterocycles. The third-order valence-corrected chi connectivity index (χ3v) is 2.70. The molecule has 0 N–H and O–H groups in total. The van der Waals surface area contributed by atoms with Crippen molar-refractivity contribution in [1.29, 1.82) is 0 Å². The fourth-order valence-corrected chi connectivity index (χ4v) is 1.50. The number of nitro benzene ring substituents is 1.